The van der Waals surface area contributed by atoms with E-state index < -0.39 is 0 Å². The Balaban J connectivity index is 2.51. The molecule has 1 aromatic carbocycles. The Morgan fingerprint density at radius 3 is 2.30 bits per heavy atom. The van der Waals surface area contributed by atoms with Gasteiger partial charge in [-0.05, 0) is 46.0 Å². The minimum absolute atomic E-state index is 0.0274. The third kappa shape index (κ3) is 6.68. The van der Waals surface area contributed by atoms with Gasteiger partial charge in [-0.1, -0.05) is 24.3 Å². The monoisotopic (exact) mass is 277 g/mol. The second-order valence-electron chi connectivity index (χ2n) is 6.39. The molecule has 0 fully saturated rings. The number of hydrogen-bond acceptors (Lipinski definition) is 3. The Morgan fingerprint density at radius 2 is 1.75 bits per heavy atom. The Labute approximate surface area is 122 Å². The van der Waals surface area contributed by atoms with Crippen LogP contribution in [0, 0.1) is 0 Å². The molecule has 0 bridgehead atoms. The van der Waals surface area contributed by atoms with Crippen LogP contribution in [-0.4, -0.2) is 37.0 Å². The Bertz CT molecular complexity index is 436. The van der Waals surface area contributed by atoms with Crippen molar-refractivity contribution < 1.29 is 4.79 Å². The number of carbonyl (C=O) groups is 1. The van der Waals surface area contributed by atoms with Crippen molar-refractivity contribution in [2.24, 2.45) is 0 Å². The van der Waals surface area contributed by atoms with Crippen molar-refractivity contribution in [3.05, 3.63) is 35.4 Å². The van der Waals surface area contributed by atoms with Crippen LogP contribution in [0.1, 0.15) is 31.9 Å². The number of nitrogens with one attached hydrogen (secondary N) is 2. The van der Waals surface area contributed by atoms with Gasteiger partial charge in [0.15, 0.2) is 0 Å². The molecule has 112 valence electrons. The summed E-state index contributed by atoms with van der Waals surface area (Å²) in [6.45, 7) is 7.95. The van der Waals surface area contributed by atoms with Crippen molar-refractivity contribution in [2.45, 2.75) is 39.4 Å². The highest BCUT2D eigenvalue weighted by molar-refractivity contribution is 5.78. The lowest BCUT2D eigenvalue weighted by Gasteiger charge is -2.20. The highest BCUT2D eigenvalue weighted by atomic mass is 16.1. The zero-order valence-electron chi connectivity index (χ0n) is 13.3. The van der Waals surface area contributed by atoms with E-state index in [2.05, 4.69) is 27.7 Å². The first-order chi connectivity index (χ1) is 9.28. The predicted octanol–water partition coefficient (Wildman–Crippen LogP) is 1.75. The van der Waals surface area contributed by atoms with Gasteiger partial charge in [0.25, 0.3) is 0 Å². The molecule has 0 heterocycles. The average molecular weight is 277 g/mol. The minimum Gasteiger partial charge on any atom is -0.351 e. The van der Waals surface area contributed by atoms with Crippen LogP contribution in [0.25, 0.3) is 0 Å². The Hall–Kier alpha value is -1.39. The van der Waals surface area contributed by atoms with E-state index in [-0.39, 0.29) is 11.4 Å². The first kappa shape index (κ1) is 16.7. The van der Waals surface area contributed by atoms with Crippen LogP contribution in [0.15, 0.2) is 24.3 Å². The van der Waals surface area contributed by atoms with Gasteiger partial charge >= 0.3 is 0 Å². The molecular weight excluding hydrogens is 250 g/mol. The second kappa shape index (κ2) is 7.41. The van der Waals surface area contributed by atoms with Crippen LogP contribution in [0.2, 0.25) is 0 Å². The maximum Gasteiger partial charge on any atom is 0.234 e. The topological polar surface area (TPSA) is 44.4 Å². The molecule has 1 rings (SSSR count). The molecular formula is C16H27N3O. The van der Waals surface area contributed by atoms with E-state index in [0.717, 1.165) is 6.54 Å². The molecule has 0 unspecified atom stereocenters. The summed E-state index contributed by atoms with van der Waals surface area (Å²) in [5.74, 6) is 0.0274. The summed E-state index contributed by atoms with van der Waals surface area (Å²) in [4.78, 5) is 13.9. The van der Waals surface area contributed by atoms with Crippen molar-refractivity contribution in [1.82, 2.24) is 15.5 Å². The molecule has 4 heteroatoms. The SMILES string of the molecule is CN(C)Cc1ccccc1CNC(=O)CNC(C)(C)C. The maximum atomic E-state index is 11.8. The number of amides is 1. The molecule has 0 aliphatic heterocycles. The van der Waals surface area contributed by atoms with Crippen molar-refractivity contribution in [3.8, 4) is 0 Å². The molecule has 0 saturated heterocycles. The van der Waals surface area contributed by atoms with Crippen molar-refractivity contribution >= 4 is 5.91 Å². The number of nitrogens with zero attached hydrogens (tertiary/aromatic N) is 1. The lowest BCUT2D eigenvalue weighted by Crippen LogP contribution is -2.43. The molecule has 20 heavy (non-hydrogen) atoms. The summed E-state index contributed by atoms with van der Waals surface area (Å²) in [7, 11) is 4.09. The highest BCUT2D eigenvalue weighted by Gasteiger charge is 2.11. The van der Waals surface area contributed by atoms with E-state index in [0.29, 0.717) is 13.1 Å². The van der Waals surface area contributed by atoms with E-state index >= 15 is 0 Å². The van der Waals surface area contributed by atoms with Crippen molar-refractivity contribution in [2.75, 3.05) is 20.6 Å². The van der Waals surface area contributed by atoms with Crippen LogP contribution in [0.5, 0.6) is 0 Å². The lowest BCUT2D eigenvalue weighted by molar-refractivity contribution is -0.120. The smallest absolute Gasteiger partial charge is 0.234 e. The first-order valence-electron chi connectivity index (χ1n) is 7.01. The van der Waals surface area contributed by atoms with E-state index in [4.69, 9.17) is 0 Å². The second-order valence-corrected chi connectivity index (χ2v) is 6.39. The van der Waals surface area contributed by atoms with Crippen LogP contribution >= 0.6 is 0 Å². The van der Waals surface area contributed by atoms with E-state index in [1.807, 2.05) is 47.0 Å². The van der Waals surface area contributed by atoms with Gasteiger partial charge in [0.1, 0.15) is 0 Å². The van der Waals surface area contributed by atoms with Gasteiger partial charge in [-0.2, -0.15) is 0 Å². The summed E-state index contributed by atoms with van der Waals surface area (Å²) in [5.41, 5.74) is 2.38. The third-order valence-electron chi connectivity index (χ3n) is 2.86. The fourth-order valence-electron chi connectivity index (χ4n) is 1.83. The zero-order valence-corrected chi connectivity index (χ0v) is 13.3. The molecule has 0 spiro atoms. The van der Waals surface area contributed by atoms with Crippen LogP contribution < -0.4 is 10.6 Å². The Kier molecular flexibility index (Phi) is 6.17. The van der Waals surface area contributed by atoms with Crippen molar-refractivity contribution in [3.63, 3.8) is 0 Å². The van der Waals surface area contributed by atoms with Gasteiger partial charge in [0, 0.05) is 18.6 Å². The molecule has 2 N–H and O–H groups in total. The minimum atomic E-state index is -0.0415. The van der Waals surface area contributed by atoms with Crippen molar-refractivity contribution in [1.29, 1.82) is 0 Å². The van der Waals surface area contributed by atoms with Gasteiger partial charge < -0.3 is 15.5 Å². The first-order valence-corrected chi connectivity index (χ1v) is 7.01. The molecule has 1 amide bonds. The Morgan fingerprint density at radius 1 is 1.15 bits per heavy atom. The van der Waals surface area contributed by atoms with Gasteiger partial charge in [-0.3, -0.25) is 4.79 Å². The molecule has 0 aliphatic carbocycles. The van der Waals surface area contributed by atoms with E-state index in [1.54, 1.807) is 0 Å². The molecule has 0 radical (unpaired) electrons. The molecule has 0 aliphatic rings. The van der Waals surface area contributed by atoms with Crippen LogP contribution in [-0.2, 0) is 17.9 Å². The van der Waals surface area contributed by atoms with E-state index in [1.165, 1.54) is 11.1 Å². The highest BCUT2D eigenvalue weighted by Crippen LogP contribution is 2.10. The fraction of sp³-hybridized carbons (Fsp3) is 0.562. The zero-order chi connectivity index (χ0) is 15.2. The quantitative estimate of drug-likeness (QED) is 0.832. The number of carbonyl (C=O) groups excluding carboxylic acids is 1. The van der Waals surface area contributed by atoms with Gasteiger partial charge in [0.2, 0.25) is 5.91 Å². The number of rotatable bonds is 6. The molecule has 4 nitrogen and oxygen atoms in total. The normalized spacial score (nSPS) is 11.7. The molecule has 0 saturated carbocycles. The standard InChI is InChI=1S/C16H27N3O/c1-16(2,3)18-11-15(20)17-10-13-8-6-7-9-14(13)12-19(4)5/h6-9,18H,10-12H2,1-5H3,(H,17,20). The van der Waals surface area contributed by atoms with E-state index in [9.17, 15) is 4.79 Å². The summed E-state index contributed by atoms with van der Waals surface area (Å²) in [6.07, 6.45) is 0. The summed E-state index contributed by atoms with van der Waals surface area (Å²) in [5, 5.41) is 6.15. The average Bonchev–Trinajstić information content (AvgIpc) is 2.34. The number of benzene rings is 1. The molecule has 0 atom stereocenters. The maximum absolute atomic E-state index is 11.8. The van der Waals surface area contributed by atoms with Crippen LogP contribution in [0.3, 0.4) is 0 Å². The summed E-state index contributed by atoms with van der Waals surface area (Å²) >= 11 is 0. The van der Waals surface area contributed by atoms with Gasteiger partial charge in [0.05, 0.1) is 6.54 Å². The summed E-state index contributed by atoms with van der Waals surface area (Å²) in [6, 6.07) is 8.21. The van der Waals surface area contributed by atoms with Gasteiger partial charge in [-0.15, -0.1) is 0 Å². The molecule has 0 aromatic heterocycles. The summed E-state index contributed by atoms with van der Waals surface area (Å²) < 4.78 is 0. The molecule has 1 aromatic rings. The number of hydrogen-bond donors (Lipinski definition) is 2. The fourth-order valence-corrected chi connectivity index (χ4v) is 1.83. The lowest BCUT2D eigenvalue weighted by atomic mass is 10.1. The predicted molar refractivity (Wildman–Crippen MR) is 83.4 cm³/mol. The van der Waals surface area contributed by atoms with Gasteiger partial charge in [-0.25, -0.2) is 0 Å². The van der Waals surface area contributed by atoms with Crippen LogP contribution in [0.4, 0.5) is 0 Å². The largest absolute Gasteiger partial charge is 0.351 e. The third-order valence-corrected chi connectivity index (χ3v) is 2.86.